The minimum absolute atomic E-state index is 0.774. The van der Waals surface area contributed by atoms with E-state index in [1.165, 1.54) is 37.3 Å². The van der Waals surface area contributed by atoms with Crippen LogP contribution in [0.15, 0.2) is 18.2 Å². The van der Waals surface area contributed by atoms with Crippen molar-refractivity contribution < 1.29 is 4.74 Å². The summed E-state index contributed by atoms with van der Waals surface area (Å²) >= 11 is 0. The van der Waals surface area contributed by atoms with Crippen LogP contribution in [0, 0.1) is 6.92 Å². The minimum Gasteiger partial charge on any atom is -0.496 e. The molecule has 0 amide bonds. The Morgan fingerprint density at radius 1 is 1.25 bits per heavy atom. The highest BCUT2D eigenvalue weighted by Crippen LogP contribution is 2.22. The molecule has 0 unspecified atom stereocenters. The molecule has 3 rings (SSSR count). The summed E-state index contributed by atoms with van der Waals surface area (Å²) in [6.07, 6.45) is 0. The molecule has 2 fully saturated rings. The molecule has 2 saturated heterocycles. The highest BCUT2D eigenvalue weighted by atomic mass is 16.5. The predicted octanol–water partition coefficient (Wildman–Crippen LogP) is 1.09. The van der Waals surface area contributed by atoms with Crippen molar-refractivity contribution >= 4 is 0 Å². The van der Waals surface area contributed by atoms with Crippen molar-refractivity contribution in [2.45, 2.75) is 19.5 Å². The molecule has 20 heavy (non-hydrogen) atoms. The SMILES string of the molecule is COc1ccc(CN2CC(N3CCNCC3)C2)cc1C. The summed E-state index contributed by atoms with van der Waals surface area (Å²) in [5.74, 6) is 0.982. The standard InChI is InChI=1S/C16H25N3O/c1-13-9-14(3-4-16(13)20-2)10-18-11-15(12-18)19-7-5-17-6-8-19/h3-4,9,15,17H,5-8,10-12H2,1-2H3. The van der Waals surface area contributed by atoms with Crippen LogP contribution in [0.5, 0.6) is 5.75 Å². The number of nitrogens with one attached hydrogen (secondary N) is 1. The smallest absolute Gasteiger partial charge is 0.121 e. The van der Waals surface area contributed by atoms with Gasteiger partial charge in [0.1, 0.15) is 5.75 Å². The van der Waals surface area contributed by atoms with Gasteiger partial charge in [-0.1, -0.05) is 12.1 Å². The van der Waals surface area contributed by atoms with E-state index in [-0.39, 0.29) is 0 Å². The highest BCUT2D eigenvalue weighted by molar-refractivity contribution is 5.36. The van der Waals surface area contributed by atoms with Gasteiger partial charge < -0.3 is 10.1 Å². The lowest BCUT2D eigenvalue weighted by Gasteiger charge is -2.47. The van der Waals surface area contributed by atoms with Gasteiger partial charge in [0, 0.05) is 51.9 Å². The zero-order chi connectivity index (χ0) is 13.9. The first-order valence-corrected chi connectivity index (χ1v) is 7.57. The van der Waals surface area contributed by atoms with E-state index in [2.05, 4.69) is 40.2 Å². The molecule has 1 aromatic carbocycles. The Bertz CT molecular complexity index is 451. The molecule has 2 aliphatic rings. The van der Waals surface area contributed by atoms with Crippen molar-refractivity contribution in [1.82, 2.24) is 15.1 Å². The number of aryl methyl sites for hydroxylation is 1. The summed E-state index contributed by atoms with van der Waals surface area (Å²) in [5.41, 5.74) is 2.62. The molecular weight excluding hydrogens is 250 g/mol. The average Bonchev–Trinajstić information content (AvgIpc) is 2.43. The molecular formula is C16H25N3O. The van der Waals surface area contributed by atoms with Crippen molar-refractivity contribution in [3.05, 3.63) is 29.3 Å². The first-order chi connectivity index (χ1) is 9.76. The van der Waals surface area contributed by atoms with Gasteiger partial charge in [-0.2, -0.15) is 0 Å². The summed E-state index contributed by atoms with van der Waals surface area (Å²) in [7, 11) is 1.73. The van der Waals surface area contributed by atoms with Gasteiger partial charge in [-0.3, -0.25) is 9.80 Å². The molecule has 1 N–H and O–H groups in total. The third kappa shape index (κ3) is 2.97. The largest absolute Gasteiger partial charge is 0.496 e. The topological polar surface area (TPSA) is 27.7 Å². The van der Waals surface area contributed by atoms with Gasteiger partial charge in [-0.05, 0) is 24.1 Å². The highest BCUT2D eigenvalue weighted by Gasteiger charge is 2.31. The van der Waals surface area contributed by atoms with Gasteiger partial charge in [0.05, 0.1) is 7.11 Å². The summed E-state index contributed by atoms with van der Waals surface area (Å²) in [6.45, 7) is 10.3. The van der Waals surface area contributed by atoms with Crippen molar-refractivity contribution in [3.8, 4) is 5.75 Å². The fourth-order valence-corrected chi connectivity index (χ4v) is 3.25. The Balaban J connectivity index is 1.49. The normalized spacial score (nSPS) is 21.7. The Morgan fingerprint density at radius 3 is 2.65 bits per heavy atom. The fourth-order valence-electron chi connectivity index (χ4n) is 3.25. The van der Waals surface area contributed by atoms with Gasteiger partial charge in [0.2, 0.25) is 0 Å². The third-order valence-electron chi connectivity index (χ3n) is 4.47. The van der Waals surface area contributed by atoms with Gasteiger partial charge in [0.25, 0.3) is 0 Å². The second kappa shape index (κ2) is 6.12. The number of methoxy groups -OCH3 is 1. The lowest BCUT2D eigenvalue weighted by Crippen LogP contribution is -2.62. The molecule has 0 aliphatic carbocycles. The van der Waals surface area contributed by atoms with Crippen molar-refractivity contribution in [2.75, 3.05) is 46.4 Å². The molecule has 2 heterocycles. The van der Waals surface area contributed by atoms with E-state index in [9.17, 15) is 0 Å². The van der Waals surface area contributed by atoms with E-state index >= 15 is 0 Å². The van der Waals surface area contributed by atoms with Gasteiger partial charge in [-0.15, -0.1) is 0 Å². The summed E-state index contributed by atoms with van der Waals surface area (Å²) < 4.78 is 5.32. The minimum atomic E-state index is 0.774. The van der Waals surface area contributed by atoms with Crippen LogP contribution in [-0.2, 0) is 6.54 Å². The molecule has 4 nitrogen and oxygen atoms in total. The Hall–Kier alpha value is -1.10. The predicted molar refractivity (Wildman–Crippen MR) is 81.2 cm³/mol. The number of hydrogen-bond acceptors (Lipinski definition) is 4. The van der Waals surface area contributed by atoms with Crippen LogP contribution >= 0.6 is 0 Å². The molecule has 1 aromatic rings. The number of ether oxygens (including phenoxy) is 1. The van der Waals surface area contributed by atoms with Crippen LogP contribution in [0.1, 0.15) is 11.1 Å². The van der Waals surface area contributed by atoms with Gasteiger partial charge in [0.15, 0.2) is 0 Å². The fraction of sp³-hybridized carbons (Fsp3) is 0.625. The number of rotatable bonds is 4. The second-order valence-electron chi connectivity index (χ2n) is 5.94. The molecule has 110 valence electrons. The molecule has 4 heteroatoms. The maximum absolute atomic E-state index is 5.32. The van der Waals surface area contributed by atoms with Crippen LogP contribution in [0.3, 0.4) is 0 Å². The zero-order valence-electron chi connectivity index (χ0n) is 12.6. The van der Waals surface area contributed by atoms with Crippen LogP contribution < -0.4 is 10.1 Å². The van der Waals surface area contributed by atoms with Crippen molar-refractivity contribution in [2.24, 2.45) is 0 Å². The molecule has 0 spiro atoms. The number of hydrogen-bond donors (Lipinski definition) is 1. The summed E-state index contributed by atoms with van der Waals surface area (Å²) in [6, 6.07) is 7.29. The Kier molecular flexibility index (Phi) is 4.24. The summed E-state index contributed by atoms with van der Waals surface area (Å²) in [4.78, 5) is 5.17. The van der Waals surface area contributed by atoms with Gasteiger partial charge >= 0.3 is 0 Å². The van der Waals surface area contributed by atoms with Crippen molar-refractivity contribution in [3.63, 3.8) is 0 Å². The molecule has 0 atom stereocenters. The molecule has 0 radical (unpaired) electrons. The van der Waals surface area contributed by atoms with Crippen LogP contribution in [0.25, 0.3) is 0 Å². The van der Waals surface area contributed by atoms with Crippen LogP contribution in [0.4, 0.5) is 0 Å². The first kappa shape index (κ1) is 13.9. The van der Waals surface area contributed by atoms with E-state index in [4.69, 9.17) is 4.74 Å². The average molecular weight is 275 g/mol. The zero-order valence-corrected chi connectivity index (χ0v) is 12.6. The quantitative estimate of drug-likeness (QED) is 0.890. The van der Waals surface area contributed by atoms with E-state index < -0.39 is 0 Å². The van der Waals surface area contributed by atoms with Crippen molar-refractivity contribution in [1.29, 1.82) is 0 Å². The van der Waals surface area contributed by atoms with E-state index in [1.807, 2.05) is 0 Å². The molecule has 0 saturated carbocycles. The van der Waals surface area contributed by atoms with Gasteiger partial charge in [-0.25, -0.2) is 0 Å². The Labute approximate surface area is 121 Å². The van der Waals surface area contributed by atoms with E-state index in [0.29, 0.717) is 0 Å². The Morgan fingerprint density at radius 2 is 2.00 bits per heavy atom. The van der Waals surface area contributed by atoms with Crippen LogP contribution in [0.2, 0.25) is 0 Å². The molecule has 0 aromatic heterocycles. The maximum atomic E-state index is 5.32. The monoisotopic (exact) mass is 275 g/mol. The van der Waals surface area contributed by atoms with Crippen LogP contribution in [-0.4, -0.2) is 62.2 Å². The maximum Gasteiger partial charge on any atom is 0.121 e. The molecule has 0 bridgehead atoms. The summed E-state index contributed by atoms with van der Waals surface area (Å²) in [5, 5.41) is 3.42. The third-order valence-corrected chi connectivity index (χ3v) is 4.47. The number of nitrogens with zero attached hydrogens (tertiary/aromatic N) is 2. The lowest BCUT2D eigenvalue weighted by molar-refractivity contribution is 0.0223. The second-order valence-corrected chi connectivity index (χ2v) is 5.94. The van der Waals surface area contributed by atoms with E-state index in [0.717, 1.165) is 31.4 Å². The van der Waals surface area contributed by atoms with E-state index in [1.54, 1.807) is 7.11 Å². The number of benzene rings is 1. The molecule has 2 aliphatic heterocycles. The number of likely N-dealkylation sites (tertiary alicyclic amines) is 1. The first-order valence-electron chi connectivity index (χ1n) is 7.57. The lowest BCUT2D eigenvalue weighted by atomic mass is 10.0. The number of piperazine rings is 1.